The highest BCUT2D eigenvalue weighted by molar-refractivity contribution is 6.00. The maximum absolute atomic E-state index is 12.9. The molecule has 1 fully saturated rings. The Balaban J connectivity index is 1.37. The van der Waals surface area contributed by atoms with E-state index in [1.807, 2.05) is 29.8 Å². The van der Waals surface area contributed by atoms with Crippen LogP contribution in [-0.2, 0) is 11.2 Å². The lowest BCUT2D eigenvalue weighted by molar-refractivity contribution is 0.0525. The largest absolute Gasteiger partial charge is 0.462 e. The van der Waals surface area contributed by atoms with Crippen molar-refractivity contribution in [2.75, 3.05) is 42.6 Å². The molecule has 5 rings (SSSR count). The Bertz CT molecular complexity index is 1430. The smallest absolute Gasteiger partial charge is 0.341 e. The van der Waals surface area contributed by atoms with Gasteiger partial charge >= 0.3 is 5.97 Å². The Hall–Kier alpha value is -4.26. The van der Waals surface area contributed by atoms with Gasteiger partial charge in [0.05, 0.1) is 46.1 Å². The van der Waals surface area contributed by atoms with Gasteiger partial charge in [0.25, 0.3) is 0 Å². The Morgan fingerprint density at radius 1 is 1.11 bits per heavy atom. The number of carbonyl (C=O) groups excluding carboxylic acids is 2. The van der Waals surface area contributed by atoms with Gasteiger partial charge in [-0.3, -0.25) is 4.79 Å². The van der Waals surface area contributed by atoms with Crippen LogP contribution in [0.3, 0.4) is 0 Å². The third-order valence-corrected chi connectivity index (χ3v) is 7.12. The van der Waals surface area contributed by atoms with Crippen molar-refractivity contribution in [1.29, 1.82) is 5.26 Å². The highest BCUT2D eigenvalue weighted by Crippen LogP contribution is 2.37. The lowest BCUT2D eigenvalue weighted by Gasteiger charge is -2.36. The number of anilines is 2. The van der Waals surface area contributed by atoms with Gasteiger partial charge in [-0.25, -0.2) is 19.4 Å². The van der Waals surface area contributed by atoms with Crippen molar-refractivity contribution in [1.82, 2.24) is 19.7 Å². The number of aromatic nitrogens is 4. The SMILES string of the molecule is CCOC(=O)c1cnc(N2CCN(c3cc(-n4nc(C)c5c4CC(C)(C)CC5=O)ccc3C#N)CC2)nc1. The second kappa shape index (κ2) is 9.89. The molecule has 0 N–H and O–H groups in total. The number of aryl methyl sites for hydroxylation is 1. The summed E-state index contributed by atoms with van der Waals surface area (Å²) in [6.45, 7) is 10.8. The molecule has 10 nitrogen and oxygen atoms in total. The lowest BCUT2D eigenvalue weighted by atomic mass is 9.75. The minimum Gasteiger partial charge on any atom is -0.462 e. The summed E-state index contributed by atoms with van der Waals surface area (Å²) in [5.41, 5.74) is 4.88. The van der Waals surface area contributed by atoms with E-state index in [0.29, 0.717) is 56.3 Å². The summed E-state index contributed by atoms with van der Waals surface area (Å²) >= 11 is 0. The molecule has 0 spiro atoms. The average molecular weight is 514 g/mol. The number of benzene rings is 1. The first-order valence-electron chi connectivity index (χ1n) is 12.9. The topological polar surface area (TPSA) is 117 Å². The van der Waals surface area contributed by atoms with E-state index < -0.39 is 5.97 Å². The van der Waals surface area contributed by atoms with E-state index in [1.54, 1.807) is 6.92 Å². The molecule has 0 radical (unpaired) electrons. The van der Waals surface area contributed by atoms with Crippen molar-refractivity contribution in [3.8, 4) is 11.8 Å². The number of hydrogen-bond acceptors (Lipinski definition) is 9. The number of Topliss-reactive ketones (excluding diaryl/α,β-unsaturated/α-hetero) is 1. The van der Waals surface area contributed by atoms with Crippen LogP contribution in [0.4, 0.5) is 11.6 Å². The fourth-order valence-electron chi connectivity index (χ4n) is 5.31. The van der Waals surface area contributed by atoms with Crippen molar-refractivity contribution in [3.05, 3.63) is 58.7 Å². The molecule has 2 aromatic heterocycles. The van der Waals surface area contributed by atoms with Crippen LogP contribution in [0, 0.1) is 23.7 Å². The summed E-state index contributed by atoms with van der Waals surface area (Å²) in [5, 5.41) is 14.6. The standard InChI is InChI=1S/C28H31N7O3/c1-5-38-26(37)20-16-30-27(31-17-20)34-10-8-33(9-11-34)22-12-21(7-6-19(22)15-29)35-23-13-28(3,4)14-24(36)25(23)18(2)32-35/h6-7,12,16-17H,5,8-11,13-14H2,1-4H3. The van der Waals surface area contributed by atoms with Crippen LogP contribution in [-0.4, -0.2) is 64.3 Å². The number of fused-ring (bicyclic) bond motifs is 1. The van der Waals surface area contributed by atoms with Crippen molar-refractivity contribution >= 4 is 23.4 Å². The Morgan fingerprint density at radius 3 is 2.45 bits per heavy atom. The zero-order valence-corrected chi connectivity index (χ0v) is 22.2. The summed E-state index contributed by atoms with van der Waals surface area (Å²) in [4.78, 5) is 37.7. The molecule has 1 aliphatic carbocycles. The van der Waals surface area contributed by atoms with Gasteiger partial charge in [-0.15, -0.1) is 0 Å². The Morgan fingerprint density at radius 2 is 1.79 bits per heavy atom. The molecule has 0 bridgehead atoms. The van der Waals surface area contributed by atoms with Gasteiger partial charge < -0.3 is 14.5 Å². The van der Waals surface area contributed by atoms with Crippen LogP contribution in [0.25, 0.3) is 5.69 Å². The van der Waals surface area contributed by atoms with Gasteiger partial charge in [-0.1, -0.05) is 13.8 Å². The normalized spacial score (nSPS) is 16.7. The number of rotatable bonds is 5. The van der Waals surface area contributed by atoms with Gasteiger partial charge in [-0.05, 0) is 43.9 Å². The molecule has 10 heteroatoms. The maximum atomic E-state index is 12.9. The zero-order valence-electron chi connectivity index (χ0n) is 22.2. The number of nitriles is 1. The number of nitrogens with zero attached hydrogens (tertiary/aromatic N) is 7. The molecule has 196 valence electrons. The molecule has 0 unspecified atom stereocenters. The third kappa shape index (κ3) is 4.72. The first-order chi connectivity index (χ1) is 18.2. The molecule has 38 heavy (non-hydrogen) atoms. The van der Waals surface area contributed by atoms with Gasteiger partial charge in [0.2, 0.25) is 5.95 Å². The summed E-state index contributed by atoms with van der Waals surface area (Å²) in [6, 6.07) is 8.05. The summed E-state index contributed by atoms with van der Waals surface area (Å²) in [5.74, 6) is 0.259. The molecule has 3 aromatic rings. The number of esters is 1. The number of carbonyl (C=O) groups is 2. The van der Waals surface area contributed by atoms with E-state index in [9.17, 15) is 14.9 Å². The molecule has 1 aliphatic heterocycles. The molecule has 0 atom stereocenters. The van der Waals surface area contributed by atoms with E-state index in [4.69, 9.17) is 9.84 Å². The molecule has 3 heterocycles. The minimum atomic E-state index is -0.436. The highest BCUT2D eigenvalue weighted by atomic mass is 16.5. The minimum absolute atomic E-state index is 0.128. The molecule has 1 aromatic carbocycles. The molecule has 0 amide bonds. The van der Waals surface area contributed by atoms with Gasteiger partial charge in [0.1, 0.15) is 6.07 Å². The van der Waals surface area contributed by atoms with Gasteiger partial charge in [-0.2, -0.15) is 10.4 Å². The van der Waals surface area contributed by atoms with Gasteiger partial charge in [0, 0.05) is 45.0 Å². The van der Waals surface area contributed by atoms with Crippen LogP contribution in [0.2, 0.25) is 0 Å². The van der Waals surface area contributed by atoms with Crippen molar-refractivity contribution in [3.63, 3.8) is 0 Å². The number of ether oxygens (including phenoxy) is 1. The summed E-state index contributed by atoms with van der Waals surface area (Å²) in [7, 11) is 0. The third-order valence-electron chi connectivity index (χ3n) is 7.12. The fraction of sp³-hybridized carbons (Fsp3) is 0.429. The Kier molecular flexibility index (Phi) is 6.61. The van der Waals surface area contributed by atoms with Crippen LogP contribution < -0.4 is 9.80 Å². The molecule has 2 aliphatic rings. The number of piperazine rings is 1. The van der Waals surface area contributed by atoms with Crippen LogP contribution in [0.5, 0.6) is 0 Å². The van der Waals surface area contributed by atoms with Crippen LogP contribution in [0.1, 0.15) is 64.9 Å². The number of hydrogen-bond donors (Lipinski definition) is 0. The summed E-state index contributed by atoms with van der Waals surface area (Å²) in [6.07, 6.45) is 4.26. The van der Waals surface area contributed by atoms with E-state index in [0.717, 1.165) is 34.7 Å². The van der Waals surface area contributed by atoms with Crippen molar-refractivity contribution in [2.24, 2.45) is 5.41 Å². The van der Waals surface area contributed by atoms with Crippen molar-refractivity contribution in [2.45, 2.75) is 40.5 Å². The average Bonchev–Trinajstić information content (AvgIpc) is 3.23. The van der Waals surface area contributed by atoms with Crippen LogP contribution in [0.15, 0.2) is 30.6 Å². The summed E-state index contributed by atoms with van der Waals surface area (Å²) < 4.78 is 6.88. The molecule has 0 saturated carbocycles. The molecule has 1 saturated heterocycles. The Labute approximate surface area is 221 Å². The zero-order chi connectivity index (χ0) is 27.0. The van der Waals surface area contributed by atoms with E-state index in [1.165, 1.54) is 12.4 Å². The molecular formula is C28H31N7O3. The van der Waals surface area contributed by atoms with Gasteiger partial charge in [0.15, 0.2) is 5.78 Å². The number of ketones is 1. The fourth-order valence-corrected chi connectivity index (χ4v) is 5.31. The maximum Gasteiger partial charge on any atom is 0.341 e. The second-order valence-electron chi connectivity index (χ2n) is 10.5. The first-order valence-corrected chi connectivity index (χ1v) is 12.9. The lowest BCUT2D eigenvalue weighted by Crippen LogP contribution is -2.47. The first kappa shape index (κ1) is 25.4. The van der Waals surface area contributed by atoms with E-state index >= 15 is 0 Å². The predicted molar refractivity (Wildman–Crippen MR) is 142 cm³/mol. The molecular weight excluding hydrogens is 482 g/mol. The van der Waals surface area contributed by atoms with Crippen molar-refractivity contribution < 1.29 is 14.3 Å². The second-order valence-corrected chi connectivity index (χ2v) is 10.5. The van der Waals surface area contributed by atoms with E-state index in [-0.39, 0.29) is 11.2 Å². The monoisotopic (exact) mass is 513 g/mol. The van der Waals surface area contributed by atoms with E-state index in [2.05, 4.69) is 39.7 Å². The highest BCUT2D eigenvalue weighted by Gasteiger charge is 2.36. The quantitative estimate of drug-likeness (QED) is 0.472. The van der Waals surface area contributed by atoms with Crippen LogP contribution >= 0.6 is 0 Å². The predicted octanol–water partition coefficient (Wildman–Crippen LogP) is 3.50.